The Morgan fingerprint density at radius 3 is 1.54 bits per heavy atom. The van der Waals surface area contributed by atoms with E-state index in [4.69, 9.17) is 0 Å². The second-order valence-corrected chi connectivity index (χ2v) is 6.72. The van der Waals surface area contributed by atoms with E-state index in [0.717, 1.165) is 32.7 Å². The fourth-order valence-corrected chi connectivity index (χ4v) is 3.72. The molecule has 0 radical (unpaired) electrons. The van der Waals surface area contributed by atoms with Crippen LogP contribution in [0.1, 0.15) is 11.1 Å². The van der Waals surface area contributed by atoms with Crippen LogP contribution >= 0.6 is 0 Å². The molecule has 4 aromatic carbocycles. The van der Waals surface area contributed by atoms with Crippen LogP contribution in [0.2, 0.25) is 0 Å². The first-order chi connectivity index (χ1) is 12.7. The zero-order chi connectivity index (χ0) is 17.9. The number of aliphatic carboxylic acids is 1. The number of benzene rings is 4. The quantitative estimate of drug-likeness (QED) is 0.522. The molecule has 0 aliphatic heterocycles. The van der Waals surface area contributed by atoms with Crippen LogP contribution in [0.5, 0.6) is 0 Å². The van der Waals surface area contributed by atoms with Gasteiger partial charge in [0.15, 0.2) is 0 Å². The summed E-state index contributed by atoms with van der Waals surface area (Å²) < 4.78 is 0. The van der Waals surface area contributed by atoms with E-state index >= 15 is 0 Å². The Labute approximate surface area is 152 Å². The summed E-state index contributed by atoms with van der Waals surface area (Å²) in [6.07, 6.45) is 1.06. The van der Waals surface area contributed by atoms with Crippen molar-refractivity contribution in [3.05, 3.63) is 96.1 Å². The molecular weight excluding hydrogens is 320 g/mol. The highest BCUT2D eigenvalue weighted by atomic mass is 16.4. The van der Waals surface area contributed by atoms with Crippen molar-refractivity contribution in [2.45, 2.75) is 12.8 Å². The summed E-state index contributed by atoms with van der Waals surface area (Å²) in [5, 5.41) is 14.4. The van der Waals surface area contributed by atoms with Crippen molar-refractivity contribution < 1.29 is 9.90 Å². The van der Waals surface area contributed by atoms with E-state index in [9.17, 15) is 9.90 Å². The van der Waals surface area contributed by atoms with Crippen LogP contribution in [-0.4, -0.2) is 11.1 Å². The van der Waals surface area contributed by atoms with Gasteiger partial charge in [0.25, 0.3) is 0 Å². The monoisotopic (exact) mass is 340 g/mol. The molecule has 0 unspecified atom stereocenters. The van der Waals surface area contributed by atoms with E-state index in [1.165, 1.54) is 0 Å². The third kappa shape index (κ3) is 3.18. The maximum atomic E-state index is 12.0. The van der Waals surface area contributed by atoms with Gasteiger partial charge in [0.1, 0.15) is 0 Å². The molecule has 26 heavy (non-hydrogen) atoms. The Bertz CT molecular complexity index is 990. The first-order valence-electron chi connectivity index (χ1n) is 8.88. The fraction of sp³-hybridized carbons (Fsp3) is 0.125. The lowest BCUT2D eigenvalue weighted by Crippen LogP contribution is -2.19. The van der Waals surface area contributed by atoms with Crippen molar-refractivity contribution in [2.75, 3.05) is 0 Å². The smallest absolute Gasteiger partial charge is 0.307 e. The molecule has 0 aliphatic carbocycles. The fourth-order valence-electron chi connectivity index (χ4n) is 3.72. The van der Waals surface area contributed by atoms with E-state index in [0.29, 0.717) is 12.8 Å². The van der Waals surface area contributed by atoms with E-state index in [-0.39, 0.29) is 0 Å². The maximum Gasteiger partial charge on any atom is 0.307 e. The van der Waals surface area contributed by atoms with E-state index in [2.05, 4.69) is 36.4 Å². The van der Waals surface area contributed by atoms with Gasteiger partial charge in [0, 0.05) is 0 Å². The molecule has 2 heteroatoms. The summed E-state index contributed by atoms with van der Waals surface area (Å²) in [6.45, 7) is 0. The van der Waals surface area contributed by atoms with Crippen LogP contribution in [0.15, 0.2) is 84.9 Å². The van der Waals surface area contributed by atoms with Crippen molar-refractivity contribution in [1.29, 1.82) is 0 Å². The summed E-state index contributed by atoms with van der Waals surface area (Å²) in [7, 11) is 0. The van der Waals surface area contributed by atoms with E-state index in [1.54, 1.807) is 0 Å². The Balaban J connectivity index is 1.69. The summed E-state index contributed by atoms with van der Waals surface area (Å²) in [5.74, 6) is -1.20. The molecule has 4 aromatic rings. The van der Waals surface area contributed by atoms with Gasteiger partial charge in [0.05, 0.1) is 5.92 Å². The van der Waals surface area contributed by atoms with Gasteiger partial charge in [-0.05, 0) is 45.5 Å². The first kappa shape index (κ1) is 16.3. The standard InChI is InChI=1S/C24H20O2/c25-24(26)21(15-19-11-5-9-17-7-1-3-13-22(17)19)16-20-12-6-10-18-8-2-4-14-23(18)20/h1-14,21H,15-16H2,(H,25,26). The molecule has 0 saturated carbocycles. The van der Waals surface area contributed by atoms with E-state index < -0.39 is 11.9 Å². The van der Waals surface area contributed by atoms with Gasteiger partial charge < -0.3 is 5.11 Å². The topological polar surface area (TPSA) is 37.3 Å². The Morgan fingerprint density at radius 1 is 0.654 bits per heavy atom. The summed E-state index contributed by atoms with van der Waals surface area (Å²) >= 11 is 0. The van der Waals surface area contributed by atoms with Gasteiger partial charge in [-0.15, -0.1) is 0 Å². The van der Waals surface area contributed by atoms with Crippen LogP contribution in [-0.2, 0) is 17.6 Å². The minimum Gasteiger partial charge on any atom is -0.481 e. The number of hydrogen-bond acceptors (Lipinski definition) is 1. The zero-order valence-corrected chi connectivity index (χ0v) is 14.4. The van der Waals surface area contributed by atoms with Crippen LogP contribution in [0, 0.1) is 5.92 Å². The number of carboxylic acid groups (broad SMARTS) is 1. The zero-order valence-electron chi connectivity index (χ0n) is 14.4. The summed E-state index contributed by atoms with van der Waals surface area (Å²) in [4.78, 5) is 12.0. The average molecular weight is 340 g/mol. The molecule has 0 aliphatic rings. The van der Waals surface area contributed by atoms with Crippen LogP contribution in [0.4, 0.5) is 0 Å². The lowest BCUT2D eigenvalue weighted by Gasteiger charge is -2.15. The molecular formula is C24H20O2. The van der Waals surface area contributed by atoms with Crippen molar-refractivity contribution in [3.63, 3.8) is 0 Å². The van der Waals surface area contributed by atoms with Crippen molar-refractivity contribution >= 4 is 27.5 Å². The Morgan fingerprint density at radius 2 is 1.08 bits per heavy atom. The predicted octanol–water partition coefficient (Wildman–Crippen LogP) is 5.48. The predicted molar refractivity (Wildman–Crippen MR) is 106 cm³/mol. The first-order valence-corrected chi connectivity index (χ1v) is 8.88. The third-order valence-corrected chi connectivity index (χ3v) is 5.04. The molecule has 1 N–H and O–H groups in total. The van der Waals surface area contributed by atoms with Gasteiger partial charge >= 0.3 is 5.97 Å². The maximum absolute atomic E-state index is 12.0. The van der Waals surface area contributed by atoms with Gasteiger partial charge in [-0.1, -0.05) is 84.9 Å². The highest BCUT2D eigenvalue weighted by molar-refractivity contribution is 5.87. The van der Waals surface area contributed by atoms with Gasteiger partial charge in [-0.2, -0.15) is 0 Å². The van der Waals surface area contributed by atoms with Crippen molar-refractivity contribution in [1.82, 2.24) is 0 Å². The van der Waals surface area contributed by atoms with Gasteiger partial charge in [-0.25, -0.2) is 0 Å². The second kappa shape index (κ2) is 7.01. The molecule has 0 fully saturated rings. The summed E-state index contributed by atoms with van der Waals surface area (Å²) in [6, 6.07) is 28.6. The van der Waals surface area contributed by atoms with Crippen LogP contribution < -0.4 is 0 Å². The van der Waals surface area contributed by atoms with Gasteiger partial charge in [0.2, 0.25) is 0 Å². The van der Waals surface area contributed by atoms with Crippen LogP contribution in [0.25, 0.3) is 21.5 Å². The lowest BCUT2D eigenvalue weighted by atomic mass is 9.89. The summed E-state index contributed by atoms with van der Waals surface area (Å²) in [5.41, 5.74) is 2.19. The largest absolute Gasteiger partial charge is 0.481 e. The second-order valence-electron chi connectivity index (χ2n) is 6.72. The highest BCUT2D eigenvalue weighted by Crippen LogP contribution is 2.26. The number of rotatable bonds is 5. The van der Waals surface area contributed by atoms with Crippen LogP contribution in [0.3, 0.4) is 0 Å². The molecule has 4 rings (SSSR count). The Kier molecular flexibility index (Phi) is 4.40. The SMILES string of the molecule is O=C(O)C(Cc1cccc2ccccc12)Cc1cccc2ccccc12. The average Bonchev–Trinajstić information content (AvgIpc) is 2.68. The molecule has 0 aromatic heterocycles. The molecule has 2 nitrogen and oxygen atoms in total. The normalized spacial score (nSPS) is 11.3. The molecule has 0 atom stereocenters. The molecule has 128 valence electrons. The number of carboxylic acids is 1. The minimum atomic E-state index is -0.745. The van der Waals surface area contributed by atoms with Gasteiger partial charge in [-0.3, -0.25) is 4.79 Å². The highest BCUT2D eigenvalue weighted by Gasteiger charge is 2.20. The van der Waals surface area contributed by atoms with Crippen molar-refractivity contribution in [2.24, 2.45) is 5.92 Å². The Hall–Kier alpha value is -3.13. The molecule has 0 spiro atoms. The molecule has 0 heterocycles. The third-order valence-electron chi connectivity index (χ3n) is 5.04. The van der Waals surface area contributed by atoms with Crippen molar-refractivity contribution in [3.8, 4) is 0 Å². The lowest BCUT2D eigenvalue weighted by molar-refractivity contribution is -0.141. The number of hydrogen-bond donors (Lipinski definition) is 1. The number of fused-ring (bicyclic) bond motifs is 2. The van der Waals surface area contributed by atoms with E-state index in [1.807, 2.05) is 48.5 Å². The molecule has 0 saturated heterocycles. The molecule has 0 amide bonds. The number of carbonyl (C=O) groups is 1. The minimum absolute atomic E-state index is 0.452. The molecule has 0 bridgehead atoms.